The van der Waals surface area contributed by atoms with Crippen LogP contribution in [0.25, 0.3) is 0 Å². The molecule has 0 aliphatic carbocycles. The van der Waals surface area contributed by atoms with E-state index in [4.69, 9.17) is 9.84 Å². The number of ether oxygens (including phenoxy) is 1. The molecule has 0 aliphatic rings. The lowest BCUT2D eigenvalue weighted by molar-refractivity contribution is 0.000237. The molecular weight excluding hydrogens is 380 g/mol. The van der Waals surface area contributed by atoms with Gasteiger partial charge < -0.3 is 9.84 Å². The van der Waals surface area contributed by atoms with E-state index in [2.05, 4.69) is 97.1 Å². The van der Waals surface area contributed by atoms with E-state index in [9.17, 15) is 0 Å². The summed E-state index contributed by atoms with van der Waals surface area (Å²) in [7, 11) is 0. The molecular formula is C29H28O2. The average molecular weight is 409 g/mol. The lowest BCUT2D eigenvalue weighted by Crippen LogP contribution is -2.32. The predicted octanol–water partition coefficient (Wildman–Crippen LogP) is 6.12. The van der Waals surface area contributed by atoms with Crippen molar-refractivity contribution in [3.63, 3.8) is 0 Å². The van der Waals surface area contributed by atoms with Gasteiger partial charge in [0.1, 0.15) is 5.60 Å². The summed E-state index contributed by atoms with van der Waals surface area (Å²) in [5, 5.41) is 9.06. The van der Waals surface area contributed by atoms with Crippen molar-refractivity contribution >= 4 is 0 Å². The number of aryl methyl sites for hydroxylation is 1. The van der Waals surface area contributed by atoms with Crippen LogP contribution in [0.15, 0.2) is 115 Å². The first kappa shape index (κ1) is 21.0. The van der Waals surface area contributed by atoms with E-state index in [1.807, 2.05) is 18.2 Å². The second kappa shape index (κ2) is 10.2. The van der Waals surface area contributed by atoms with Crippen molar-refractivity contribution in [3.8, 4) is 0 Å². The molecule has 0 aromatic heterocycles. The van der Waals surface area contributed by atoms with Gasteiger partial charge in [0.25, 0.3) is 0 Å². The van der Waals surface area contributed by atoms with Gasteiger partial charge in [0.05, 0.1) is 6.61 Å². The van der Waals surface area contributed by atoms with Gasteiger partial charge in [-0.1, -0.05) is 115 Å². The Labute approximate surface area is 184 Å². The van der Waals surface area contributed by atoms with Crippen LogP contribution in [0.5, 0.6) is 0 Å². The fourth-order valence-electron chi connectivity index (χ4n) is 4.05. The molecule has 2 nitrogen and oxygen atoms in total. The van der Waals surface area contributed by atoms with E-state index < -0.39 is 5.60 Å². The average Bonchev–Trinajstić information content (AvgIpc) is 2.86. The Bertz CT molecular complexity index is 946. The van der Waals surface area contributed by atoms with Gasteiger partial charge in [0.15, 0.2) is 0 Å². The predicted molar refractivity (Wildman–Crippen MR) is 126 cm³/mol. The quantitative estimate of drug-likeness (QED) is 0.338. The Kier molecular flexibility index (Phi) is 6.93. The van der Waals surface area contributed by atoms with Gasteiger partial charge in [0.2, 0.25) is 0 Å². The third-order valence-electron chi connectivity index (χ3n) is 5.64. The molecule has 0 saturated heterocycles. The Morgan fingerprint density at radius 3 is 1.39 bits per heavy atom. The molecule has 0 fully saturated rings. The van der Waals surface area contributed by atoms with E-state index in [0.29, 0.717) is 6.61 Å². The Morgan fingerprint density at radius 2 is 0.968 bits per heavy atom. The first-order valence-electron chi connectivity index (χ1n) is 10.8. The molecule has 0 amide bonds. The number of hydrogen-bond donors (Lipinski definition) is 1. The number of aliphatic hydroxyl groups excluding tert-OH is 1. The van der Waals surface area contributed by atoms with Crippen LogP contribution in [0.2, 0.25) is 0 Å². The Morgan fingerprint density at radius 1 is 0.548 bits per heavy atom. The summed E-state index contributed by atoms with van der Waals surface area (Å²) in [4.78, 5) is 0. The van der Waals surface area contributed by atoms with Crippen LogP contribution in [-0.4, -0.2) is 11.7 Å². The first-order valence-corrected chi connectivity index (χ1v) is 10.8. The normalized spacial score (nSPS) is 11.4. The topological polar surface area (TPSA) is 29.5 Å². The van der Waals surface area contributed by atoms with Crippen LogP contribution < -0.4 is 0 Å². The summed E-state index contributed by atoms with van der Waals surface area (Å²) >= 11 is 0. The van der Waals surface area contributed by atoms with E-state index in [0.717, 1.165) is 35.1 Å². The van der Waals surface area contributed by atoms with E-state index in [1.54, 1.807) is 0 Å². The van der Waals surface area contributed by atoms with Crippen molar-refractivity contribution < 1.29 is 9.84 Å². The van der Waals surface area contributed by atoms with Crippen LogP contribution in [0.4, 0.5) is 0 Å². The number of benzene rings is 4. The van der Waals surface area contributed by atoms with Crippen molar-refractivity contribution in [1.82, 2.24) is 0 Å². The van der Waals surface area contributed by atoms with Crippen LogP contribution in [0.3, 0.4) is 0 Å². The van der Waals surface area contributed by atoms with Gasteiger partial charge in [-0.25, -0.2) is 0 Å². The van der Waals surface area contributed by atoms with Gasteiger partial charge >= 0.3 is 0 Å². The largest absolute Gasteiger partial charge is 0.396 e. The summed E-state index contributed by atoms with van der Waals surface area (Å²) in [6, 6.07) is 39.8. The molecule has 0 radical (unpaired) electrons. The van der Waals surface area contributed by atoms with Crippen molar-refractivity contribution in [2.24, 2.45) is 0 Å². The van der Waals surface area contributed by atoms with Crippen LogP contribution in [-0.2, 0) is 23.4 Å². The highest BCUT2D eigenvalue weighted by atomic mass is 16.5. The molecule has 0 bridgehead atoms. The highest BCUT2D eigenvalue weighted by Gasteiger charge is 2.37. The number of rotatable bonds is 9. The third-order valence-corrected chi connectivity index (χ3v) is 5.64. The fourth-order valence-corrected chi connectivity index (χ4v) is 4.05. The SMILES string of the molecule is OCCCc1ccc(COC(c2ccccc2)(c2ccccc2)c2ccccc2)cc1. The first-order chi connectivity index (χ1) is 15.3. The standard InChI is InChI=1S/C29H28O2/c30-22-10-11-24-18-20-25(21-19-24)23-31-29(26-12-4-1-5-13-26,27-14-6-2-7-15-27)28-16-8-3-9-17-28/h1-9,12-21,30H,10-11,22-23H2. The second-order valence-corrected chi connectivity index (χ2v) is 7.71. The molecule has 0 atom stereocenters. The second-order valence-electron chi connectivity index (χ2n) is 7.71. The molecule has 2 heteroatoms. The maximum absolute atomic E-state index is 9.06. The zero-order valence-electron chi connectivity index (χ0n) is 17.7. The molecule has 0 saturated carbocycles. The van der Waals surface area contributed by atoms with Crippen LogP contribution in [0, 0.1) is 0 Å². The molecule has 4 rings (SSSR count). The minimum absolute atomic E-state index is 0.221. The molecule has 4 aromatic carbocycles. The molecule has 0 spiro atoms. The van der Waals surface area contributed by atoms with Gasteiger partial charge in [-0.3, -0.25) is 0 Å². The summed E-state index contributed by atoms with van der Waals surface area (Å²) in [6.07, 6.45) is 1.68. The molecule has 0 heterocycles. The van der Waals surface area contributed by atoms with Gasteiger partial charge in [-0.15, -0.1) is 0 Å². The molecule has 0 aliphatic heterocycles. The zero-order valence-corrected chi connectivity index (χ0v) is 17.7. The summed E-state index contributed by atoms with van der Waals surface area (Å²) in [5.74, 6) is 0. The zero-order chi connectivity index (χ0) is 21.4. The lowest BCUT2D eigenvalue weighted by atomic mass is 9.80. The lowest BCUT2D eigenvalue weighted by Gasteiger charge is -2.36. The molecule has 0 unspecified atom stereocenters. The molecule has 156 valence electrons. The number of aliphatic hydroxyl groups is 1. The van der Waals surface area contributed by atoms with E-state index in [-0.39, 0.29) is 6.61 Å². The molecule has 31 heavy (non-hydrogen) atoms. The Hall–Kier alpha value is -3.20. The molecule has 4 aromatic rings. The van der Waals surface area contributed by atoms with Crippen molar-refractivity contribution in [2.45, 2.75) is 25.0 Å². The van der Waals surface area contributed by atoms with Crippen molar-refractivity contribution in [2.75, 3.05) is 6.61 Å². The van der Waals surface area contributed by atoms with E-state index >= 15 is 0 Å². The van der Waals surface area contributed by atoms with Crippen molar-refractivity contribution in [1.29, 1.82) is 0 Å². The van der Waals surface area contributed by atoms with Crippen LogP contribution >= 0.6 is 0 Å². The van der Waals surface area contributed by atoms with Gasteiger partial charge in [-0.2, -0.15) is 0 Å². The summed E-state index contributed by atoms with van der Waals surface area (Å²) in [5.41, 5.74) is 4.96. The maximum Gasteiger partial charge on any atom is 0.144 e. The third kappa shape index (κ3) is 4.77. The van der Waals surface area contributed by atoms with Gasteiger partial charge in [-0.05, 0) is 40.7 Å². The minimum Gasteiger partial charge on any atom is -0.396 e. The molecule has 1 N–H and O–H groups in total. The minimum atomic E-state index is -0.709. The Balaban J connectivity index is 1.74. The van der Waals surface area contributed by atoms with Crippen LogP contribution in [0.1, 0.15) is 34.2 Å². The summed E-state index contributed by atoms with van der Waals surface area (Å²) in [6.45, 7) is 0.706. The van der Waals surface area contributed by atoms with Crippen molar-refractivity contribution in [3.05, 3.63) is 143 Å². The smallest absolute Gasteiger partial charge is 0.144 e. The monoisotopic (exact) mass is 408 g/mol. The fraction of sp³-hybridized carbons (Fsp3) is 0.172. The number of hydrogen-bond acceptors (Lipinski definition) is 2. The van der Waals surface area contributed by atoms with Gasteiger partial charge in [0, 0.05) is 6.61 Å². The van der Waals surface area contributed by atoms with E-state index in [1.165, 1.54) is 5.56 Å². The highest BCUT2D eigenvalue weighted by Crippen LogP contribution is 2.41. The maximum atomic E-state index is 9.06. The summed E-state index contributed by atoms with van der Waals surface area (Å²) < 4.78 is 6.85. The highest BCUT2D eigenvalue weighted by molar-refractivity contribution is 5.47.